The van der Waals surface area contributed by atoms with Crippen LogP contribution in [0.5, 0.6) is 0 Å². The Balaban J connectivity index is 2.31. The van der Waals surface area contributed by atoms with Crippen LogP contribution in [-0.4, -0.2) is 30.4 Å². The average Bonchev–Trinajstić information content (AvgIpc) is 2.42. The van der Waals surface area contributed by atoms with Gasteiger partial charge in [-0.25, -0.2) is 0 Å². The Morgan fingerprint density at radius 1 is 1.26 bits per heavy atom. The normalized spacial score (nSPS) is 11.0. The molecule has 0 radical (unpaired) electrons. The molecule has 0 aromatic heterocycles. The van der Waals surface area contributed by atoms with Gasteiger partial charge >= 0.3 is 0 Å². The molecule has 19 heavy (non-hydrogen) atoms. The Bertz CT molecular complexity index is 362. The maximum atomic E-state index is 11.7. The van der Waals surface area contributed by atoms with Crippen molar-refractivity contribution in [2.24, 2.45) is 5.92 Å². The molecular formula is C16H26N2O. The summed E-state index contributed by atoms with van der Waals surface area (Å²) in [6.45, 7) is 9.80. The first-order valence-corrected chi connectivity index (χ1v) is 7.14. The van der Waals surface area contributed by atoms with E-state index in [0.717, 1.165) is 26.2 Å². The number of nitrogens with one attached hydrogen (secondary N) is 1. The standard InChI is InChI=1S/C16H26N2O/c1-4-18(13-15-8-6-5-7-9-15)11-10-16(19)17-12-14(2)3/h5-9,14H,4,10-13H2,1-3H3,(H,17,19). The molecule has 0 unspecified atom stereocenters. The summed E-state index contributed by atoms with van der Waals surface area (Å²) in [4.78, 5) is 14.0. The van der Waals surface area contributed by atoms with Crippen LogP contribution >= 0.6 is 0 Å². The quantitative estimate of drug-likeness (QED) is 0.781. The molecule has 106 valence electrons. The first kappa shape index (κ1) is 15.7. The molecule has 1 amide bonds. The smallest absolute Gasteiger partial charge is 0.221 e. The minimum absolute atomic E-state index is 0.153. The molecular weight excluding hydrogens is 236 g/mol. The van der Waals surface area contributed by atoms with Crippen molar-refractivity contribution in [3.8, 4) is 0 Å². The van der Waals surface area contributed by atoms with E-state index in [9.17, 15) is 4.79 Å². The summed E-state index contributed by atoms with van der Waals surface area (Å²) < 4.78 is 0. The molecule has 0 aliphatic rings. The van der Waals surface area contributed by atoms with Gasteiger partial charge in [0.1, 0.15) is 0 Å². The molecule has 3 heteroatoms. The molecule has 0 saturated heterocycles. The second kappa shape index (κ2) is 8.70. The van der Waals surface area contributed by atoms with Crippen molar-refractivity contribution in [2.45, 2.75) is 33.7 Å². The van der Waals surface area contributed by atoms with Crippen LogP contribution in [-0.2, 0) is 11.3 Å². The lowest BCUT2D eigenvalue weighted by Gasteiger charge is -2.20. The van der Waals surface area contributed by atoms with Crippen LogP contribution in [0.2, 0.25) is 0 Å². The molecule has 1 aromatic rings. The second-order valence-corrected chi connectivity index (χ2v) is 5.30. The van der Waals surface area contributed by atoms with Crippen LogP contribution in [0.25, 0.3) is 0 Å². The van der Waals surface area contributed by atoms with Crippen LogP contribution in [0, 0.1) is 5.92 Å². The first-order valence-electron chi connectivity index (χ1n) is 7.14. The minimum atomic E-state index is 0.153. The van der Waals surface area contributed by atoms with Crippen molar-refractivity contribution in [1.82, 2.24) is 10.2 Å². The van der Waals surface area contributed by atoms with Crippen LogP contribution in [0.15, 0.2) is 30.3 Å². The molecule has 0 spiro atoms. The lowest BCUT2D eigenvalue weighted by molar-refractivity contribution is -0.121. The highest BCUT2D eigenvalue weighted by Gasteiger charge is 2.07. The lowest BCUT2D eigenvalue weighted by Crippen LogP contribution is -2.32. The Morgan fingerprint density at radius 2 is 1.95 bits per heavy atom. The number of amides is 1. The van der Waals surface area contributed by atoms with Crippen molar-refractivity contribution in [2.75, 3.05) is 19.6 Å². The number of hydrogen-bond acceptors (Lipinski definition) is 2. The van der Waals surface area contributed by atoms with E-state index in [1.165, 1.54) is 5.56 Å². The zero-order valence-electron chi connectivity index (χ0n) is 12.4. The van der Waals surface area contributed by atoms with Gasteiger partial charge < -0.3 is 5.32 Å². The van der Waals surface area contributed by atoms with Crippen molar-refractivity contribution < 1.29 is 4.79 Å². The Morgan fingerprint density at radius 3 is 2.53 bits per heavy atom. The maximum absolute atomic E-state index is 11.7. The fourth-order valence-corrected chi connectivity index (χ4v) is 1.86. The number of rotatable bonds is 8. The summed E-state index contributed by atoms with van der Waals surface area (Å²) >= 11 is 0. The summed E-state index contributed by atoms with van der Waals surface area (Å²) in [5.74, 6) is 0.663. The number of hydrogen-bond donors (Lipinski definition) is 1. The van der Waals surface area contributed by atoms with E-state index in [-0.39, 0.29) is 5.91 Å². The second-order valence-electron chi connectivity index (χ2n) is 5.30. The van der Waals surface area contributed by atoms with E-state index in [4.69, 9.17) is 0 Å². The van der Waals surface area contributed by atoms with Gasteiger partial charge in [-0.2, -0.15) is 0 Å². The van der Waals surface area contributed by atoms with Crippen molar-refractivity contribution in [1.29, 1.82) is 0 Å². The monoisotopic (exact) mass is 262 g/mol. The molecule has 1 N–H and O–H groups in total. The molecule has 0 aliphatic heterocycles. The van der Waals surface area contributed by atoms with Crippen molar-refractivity contribution >= 4 is 5.91 Å². The average molecular weight is 262 g/mol. The zero-order valence-corrected chi connectivity index (χ0v) is 12.4. The summed E-state index contributed by atoms with van der Waals surface area (Å²) in [6.07, 6.45) is 0.577. The molecule has 1 rings (SSSR count). The predicted octanol–water partition coefficient (Wildman–Crippen LogP) is 2.67. The Labute approximate surface area is 117 Å². The van der Waals surface area contributed by atoms with Crippen LogP contribution in [0.1, 0.15) is 32.8 Å². The molecule has 0 aliphatic carbocycles. The minimum Gasteiger partial charge on any atom is -0.356 e. The third-order valence-corrected chi connectivity index (χ3v) is 3.06. The summed E-state index contributed by atoms with van der Waals surface area (Å²) in [5.41, 5.74) is 1.30. The van der Waals surface area contributed by atoms with Gasteiger partial charge in [-0.15, -0.1) is 0 Å². The molecule has 0 saturated carbocycles. The molecule has 1 aromatic carbocycles. The van der Waals surface area contributed by atoms with E-state index in [1.54, 1.807) is 0 Å². The maximum Gasteiger partial charge on any atom is 0.221 e. The highest BCUT2D eigenvalue weighted by molar-refractivity contribution is 5.76. The van der Waals surface area contributed by atoms with Gasteiger partial charge in [-0.3, -0.25) is 9.69 Å². The Hall–Kier alpha value is -1.35. The molecule has 0 atom stereocenters. The van der Waals surface area contributed by atoms with Gasteiger partial charge in [-0.1, -0.05) is 51.1 Å². The van der Waals surface area contributed by atoms with Gasteiger partial charge in [0, 0.05) is 26.1 Å². The lowest BCUT2D eigenvalue weighted by atomic mass is 10.2. The van der Waals surface area contributed by atoms with Crippen LogP contribution in [0.3, 0.4) is 0 Å². The molecule has 3 nitrogen and oxygen atoms in total. The molecule has 0 fully saturated rings. The number of carbonyl (C=O) groups is 1. The van der Waals surface area contributed by atoms with Crippen molar-refractivity contribution in [3.05, 3.63) is 35.9 Å². The largest absolute Gasteiger partial charge is 0.356 e. The van der Waals surface area contributed by atoms with Gasteiger partial charge in [0.05, 0.1) is 0 Å². The fourth-order valence-electron chi connectivity index (χ4n) is 1.86. The number of benzene rings is 1. The van der Waals surface area contributed by atoms with Crippen LogP contribution < -0.4 is 5.32 Å². The zero-order chi connectivity index (χ0) is 14.1. The molecule has 0 bridgehead atoms. The summed E-state index contributed by atoms with van der Waals surface area (Å²) in [5, 5.41) is 2.96. The third-order valence-electron chi connectivity index (χ3n) is 3.06. The van der Waals surface area contributed by atoms with E-state index >= 15 is 0 Å². The third kappa shape index (κ3) is 6.97. The number of nitrogens with zero attached hydrogens (tertiary/aromatic N) is 1. The summed E-state index contributed by atoms with van der Waals surface area (Å²) in [7, 11) is 0. The van der Waals surface area contributed by atoms with Crippen molar-refractivity contribution in [3.63, 3.8) is 0 Å². The summed E-state index contributed by atoms with van der Waals surface area (Å²) in [6, 6.07) is 10.4. The first-order chi connectivity index (χ1) is 9.11. The Kier molecular flexibility index (Phi) is 7.19. The van der Waals surface area contributed by atoms with Gasteiger partial charge in [0.15, 0.2) is 0 Å². The number of carbonyl (C=O) groups excluding carboxylic acids is 1. The van der Waals surface area contributed by atoms with Gasteiger partial charge in [-0.05, 0) is 18.0 Å². The van der Waals surface area contributed by atoms with E-state index in [1.807, 2.05) is 6.07 Å². The van der Waals surface area contributed by atoms with Gasteiger partial charge in [0.2, 0.25) is 5.91 Å². The highest BCUT2D eigenvalue weighted by atomic mass is 16.1. The van der Waals surface area contributed by atoms with Gasteiger partial charge in [0.25, 0.3) is 0 Å². The van der Waals surface area contributed by atoms with Crippen LogP contribution in [0.4, 0.5) is 0 Å². The predicted molar refractivity (Wildman–Crippen MR) is 79.9 cm³/mol. The highest BCUT2D eigenvalue weighted by Crippen LogP contribution is 2.04. The van der Waals surface area contributed by atoms with E-state index in [0.29, 0.717) is 12.3 Å². The SMILES string of the molecule is CCN(CCC(=O)NCC(C)C)Cc1ccccc1. The molecule has 0 heterocycles. The topological polar surface area (TPSA) is 32.3 Å². The van der Waals surface area contributed by atoms with E-state index in [2.05, 4.69) is 55.3 Å². The van der Waals surface area contributed by atoms with E-state index < -0.39 is 0 Å². The fraction of sp³-hybridized carbons (Fsp3) is 0.562.